The van der Waals surface area contributed by atoms with E-state index in [1.54, 1.807) is 6.20 Å². The molecule has 0 aliphatic carbocycles. The van der Waals surface area contributed by atoms with Crippen LogP contribution in [0.15, 0.2) is 23.3 Å². The average Bonchev–Trinajstić information content (AvgIpc) is 2.96. The van der Waals surface area contributed by atoms with Crippen LogP contribution in [0, 0.1) is 5.92 Å². The Morgan fingerprint density at radius 3 is 2.41 bits per heavy atom. The highest BCUT2D eigenvalue weighted by atomic mass is 127. The summed E-state index contributed by atoms with van der Waals surface area (Å²) in [6.45, 7) is 4.11. The number of nitrogens with two attached hydrogens (primary N) is 2. The summed E-state index contributed by atoms with van der Waals surface area (Å²) < 4.78 is 0. The summed E-state index contributed by atoms with van der Waals surface area (Å²) in [7, 11) is 0. The first-order valence-electron chi connectivity index (χ1n) is 9.68. The predicted octanol–water partition coefficient (Wildman–Crippen LogP) is 2.09. The molecule has 0 unspecified atom stereocenters. The first-order chi connectivity index (χ1) is 12.6. The molecule has 2 aliphatic heterocycles. The molecule has 0 saturated carbocycles. The number of carbonyl (C=O) groups is 1. The topological polar surface area (TPSA) is 101 Å². The number of piperidine rings is 1. The zero-order valence-electron chi connectivity index (χ0n) is 15.8. The van der Waals surface area contributed by atoms with Gasteiger partial charge in [-0.05, 0) is 31.7 Å². The van der Waals surface area contributed by atoms with Gasteiger partial charge in [-0.2, -0.15) is 0 Å². The summed E-state index contributed by atoms with van der Waals surface area (Å²) in [5, 5.41) is 0. The molecule has 0 radical (unpaired) electrons. The van der Waals surface area contributed by atoms with Crippen LogP contribution in [0.2, 0.25) is 0 Å². The van der Waals surface area contributed by atoms with Crippen LogP contribution in [0.25, 0.3) is 0 Å². The minimum Gasteiger partial charge on any atom is -0.370 e. The van der Waals surface area contributed by atoms with E-state index in [0.717, 1.165) is 50.4 Å². The number of amides is 1. The molecule has 3 heterocycles. The minimum atomic E-state index is -0.194. The lowest BCUT2D eigenvalue weighted by Gasteiger charge is -2.32. The second kappa shape index (κ2) is 10.7. The fraction of sp³-hybridized carbons (Fsp3) is 0.632. The van der Waals surface area contributed by atoms with Gasteiger partial charge in [0.05, 0.1) is 6.54 Å². The lowest BCUT2D eigenvalue weighted by Crippen LogP contribution is -2.39. The van der Waals surface area contributed by atoms with Crippen molar-refractivity contribution >= 4 is 41.7 Å². The van der Waals surface area contributed by atoms with E-state index in [4.69, 9.17) is 11.5 Å². The Morgan fingerprint density at radius 2 is 1.78 bits per heavy atom. The number of hydrogen-bond donors (Lipinski definition) is 2. The Labute approximate surface area is 178 Å². The Kier molecular flexibility index (Phi) is 8.59. The van der Waals surface area contributed by atoms with Gasteiger partial charge in [0.2, 0.25) is 5.91 Å². The maximum Gasteiger partial charge on any atom is 0.220 e. The maximum atomic E-state index is 11.4. The summed E-state index contributed by atoms with van der Waals surface area (Å²) in [6.07, 6.45) is 8.29. The molecule has 0 bridgehead atoms. The van der Waals surface area contributed by atoms with Gasteiger partial charge in [-0.1, -0.05) is 18.9 Å². The molecule has 1 aromatic heterocycles. The van der Waals surface area contributed by atoms with Gasteiger partial charge in [0, 0.05) is 43.9 Å². The molecule has 1 aromatic rings. The van der Waals surface area contributed by atoms with Crippen LogP contribution in [0.5, 0.6) is 0 Å². The van der Waals surface area contributed by atoms with Crippen molar-refractivity contribution in [1.82, 2.24) is 9.88 Å². The van der Waals surface area contributed by atoms with Crippen LogP contribution >= 0.6 is 24.0 Å². The monoisotopic (exact) mass is 486 g/mol. The van der Waals surface area contributed by atoms with Crippen molar-refractivity contribution < 1.29 is 4.79 Å². The second-order valence-corrected chi connectivity index (χ2v) is 7.23. The fourth-order valence-electron chi connectivity index (χ4n) is 3.78. The largest absolute Gasteiger partial charge is 0.370 e. The molecule has 2 aliphatic rings. The molecule has 1 amide bonds. The van der Waals surface area contributed by atoms with E-state index in [1.807, 2.05) is 6.07 Å². The number of primary amides is 1. The van der Waals surface area contributed by atoms with Crippen molar-refractivity contribution in [2.75, 3.05) is 31.1 Å². The van der Waals surface area contributed by atoms with E-state index in [9.17, 15) is 4.79 Å². The van der Waals surface area contributed by atoms with Gasteiger partial charge in [0.25, 0.3) is 0 Å². The quantitative estimate of drug-likeness (QED) is 0.386. The van der Waals surface area contributed by atoms with Crippen molar-refractivity contribution in [1.29, 1.82) is 0 Å². The smallest absolute Gasteiger partial charge is 0.220 e. The van der Waals surface area contributed by atoms with Crippen molar-refractivity contribution in [3.05, 3.63) is 23.9 Å². The number of hydrogen-bond acceptors (Lipinski definition) is 4. The number of anilines is 1. The lowest BCUT2D eigenvalue weighted by atomic mass is 9.96. The summed E-state index contributed by atoms with van der Waals surface area (Å²) in [5.74, 6) is 1.37. The molecule has 2 saturated heterocycles. The highest BCUT2D eigenvalue weighted by Gasteiger charge is 2.25. The third-order valence-electron chi connectivity index (χ3n) is 5.41. The molecule has 0 aromatic carbocycles. The van der Waals surface area contributed by atoms with Gasteiger partial charge < -0.3 is 21.3 Å². The van der Waals surface area contributed by atoms with Crippen LogP contribution in [-0.4, -0.2) is 47.9 Å². The van der Waals surface area contributed by atoms with E-state index < -0.39 is 0 Å². The molecule has 0 spiro atoms. The Morgan fingerprint density at radius 1 is 1.11 bits per heavy atom. The van der Waals surface area contributed by atoms with Gasteiger partial charge >= 0.3 is 0 Å². The number of aliphatic imine (C=N–C) groups is 1. The van der Waals surface area contributed by atoms with Crippen LogP contribution in [-0.2, 0) is 11.3 Å². The highest BCUT2D eigenvalue weighted by Crippen LogP contribution is 2.25. The van der Waals surface area contributed by atoms with E-state index in [0.29, 0.717) is 12.5 Å². The van der Waals surface area contributed by atoms with Gasteiger partial charge in [0.15, 0.2) is 5.96 Å². The average molecular weight is 486 g/mol. The fourth-order valence-corrected chi connectivity index (χ4v) is 3.78. The number of pyridine rings is 1. The summed E-state index contributed by atoms with van der Waals surface area (Å²) in [5.41, 5.74) is 12.7. The number of rotatable bonds is 4. The van der Waals surface area contributed by atoms with Gasteiger partial charge in [-0.25, -0.2) is 9.98 Å². The second-order valence-electron chi connectivity index (χ2n) is 7.23. The predicted molar refractivity (Wildman–Crippen MR) is 119 cm³/mol. The Bertz CT molecular complexity index is 637. The number of halogens is 1. The Hall–Kier alpha value is -1.58. The summed E-state index contributed by atoms with van der Waals surface area (Å²) in [6, 6.07) is 3.99. The maximum absolute atomic E-state index is 11.4. The van der Waals surface area contributed by atoms with Crippen LogP contribution in [0.1, 0.15) is 44.1 Å². The van der Waals surface area contributed by atoms with Crippen LogP contribution < -0.4 is 16.4 Å². The first-order valence-corrected chi connectivity index (χ1v) is 9.68. The zero-order chi connectivity index (χ0) is 18.4. The highest BCUT2D eigenvalue weighted by molar-refractivity contribution is 14.0. The lowest BCUT2D eigenvalue weighted by molar-refractivity contribution is -0.122. The molecule has 3 rings (SSSR count). The van der Waals surface area contributed by atoms with E-state index in [-0.39, 0.29) is 35.8 Å². The third kappa shape index (κ3) is 5.95. The van der Waals surface area contributed by atoms with Crippen molar-refractivity contribution in [2.45, 2.75) is 45.1 Å². The van der Waals surface area contributed by atoms with Crippen LogP contribution in [0.4, 0.5) is 5.82 Å². The summed E-state index contributed by atoms with van der Waals surface area (Å²) in [4.78, 5) is 25.0. The SMILES string of the molecule is I.NC(=O)C1CCN(c2ncccc2CN=C(N)N2CCCCCC2)CC1. The van der Waals surface area contributed by atoms with Crippen molar-refractivity contribution in [2.24, 2.45) is 22.4 Å². The number of nitrogens with zero attached hydrogens (tertiary/aromatic N) is 4. The molecular weight excluding hydrogens is 455 g/mol. The van der Waals surface area contributed by atoms with E-state index in [1.165, 1.54) is 25.7 Å². The third-order valence-corrected chi connectivity index (χ3v) is 5.41. The number of likely N-dealkylation sites (tertiary alicyclic amines) is 1. The molecule has 2 fully saturated rings. The molecule has 8 heteroatoms. The normalized spacial score (nSPS) is 19.3. The first kappa shape index (κ1) is 21.7. The number of guanidine groups is 1. The van der Waals surface area contributed by atoms with Crippen LogP contribution in [0.3, 0.4) is 0 Å². The molecular formula is C19H31IN6O. The van der Waals surface area contributed by atoms with E-state index in [2.05, 4.69) is 25.8 Å². The van der Waals surface area contributed by atoms with Gasteiger partial charge in [0.1, 0.15) is 5.82 Å². The summed E-state index contributed by atoms with van der Waals surface area (Å²) >= 11 is 0. The molecule has 150 valence electrons. The molecule has 7 nitrogen and oxygen atoms in total. The standard InChI is InChI=1S/C19H30N6O.HI/c20-17(26)15-7-12-24(13-8-15)18-16(6-5-9-22-18)14-23-19(21)25-10-3-1-2-4-11-25;/h5-6,9,15H,1-4,7-8,10-14H2,(H2,20,26)(H2,21,23);1H. The zero-order valence-corrected chi connectivity index (χ0v) is 18.2. The van der Waals surface area contributed by atoms with E-state index >= 15 is 0 Å². The molecule has 4 N–H and O–H groups in total. The van der Waals surface area contributed by atoms with Gasteiger partial charge in [-0.15, -0.1) is 24.0 Å². The number of aromatic nitrogens is 1. The Balaban J connectivity index is 0.00000261. The molecule has 0 atom stereocenters. The minimum absolute atomic E-state index is 0. The van der Waals surface area contributed by atoms with Crippen molar-refractivity contribution in [3.63, 3.8) is 0 Å². The number of carbonyl (C=O) groups excluding carboxylic acids is 1. The van der Waals surface area contributed by atoms with Crippen molar-refractivity contribution in [3.8, 4) is 0 Å². The van der Waals surface area contributed by atoms with Gasteiger partial charge in [-0.3, -0.25) is 4.79 Å². The molecule has 27 heavy (non-hydrogen) atoms.